The Hall–Kier alpha value is -2.17. The van der Waals surface area contributed by atoms with E-state index >= 15 is 0 Å². The maximum atomic E-state index is 12.7. The van der Waals surface area contributed by atoms with Crippen molar-refractivity contribution in [2.45, 2.75) is 0 Å². The standard InChI is InChI=1S/C21H15Br2NO/c22-17-10-12-19(13-11-17)24-21(25)20-14-18(23)9-8-16(20)7-6-15-4-2-1-3-5-15/h1-14H,(H,24,25)/b7-6+. The summed E-state index contributed by atoms with van der Waals surface area (Å²) in [6.07, 6.45) is 3.96. The van der Waals surface area contributed by atoms with E-state index in [1.807, 2.05) is 84.9 Å². The van der Waals surface area contributed by atoms with Crippen LogP contribution in [0, 0.1) is 0 Å². The van der Waals surface area contributed by atoms with Gasteiger partial charge >= 0.3 is 0 Å². The van der Waals surface area contributed by atoms with Gasteiger partial charge in [0, 0.05) is 20.2 Å². The Labute approximate surface area is 163 Å². The lowest BCUT2D eigenvalue weighted by Crippen LogP contribution is -2.13. The highest BCUT2D eigenvalue weighted by Gasteiger charge is 2.11. The third-order valence-electron chi connectivity index (χ3n) is 3.62. The minimum Gasteiger partial charge on any atom is -0.322 e. The van der Waals surface area contributed by atoms with Gasteiger partial charge in [-0.1, -0.05) is 80.4 Å². The molecule has 0 aliphatic carbocycles. The molecule has 0 saturated heterocycles. The Morgan fingerprint density at radius 3 is 2.20 bits per heavy atom. The molecule has 1 N–H and O–H groups in total. The molecule has 25 heavy (non-hydrogen) atoms. The summed E-state index contributed by atoms with van der Waals surface area (Å²) in [5, 5.41) is 2.94. The molecule has 2 nitrogen and oxygen atoms in total. The van der Waals surface area contributed by atoms with E-state index in [1.54, 1.807) is 0 Å². The maximum absolute atomic E-state index is 12.7. The van der Waals surface area contributed by atoms with Crippen LogP contribution in [0.3, 0.4) is 0 Å². The molecular formula is C21H15Br2NO. The lowest BCUT2D eigenvalue weighted by atomic mass is 10.0. The van der Waals surface area contributed by atoms with Crippen molar-refractivity contribution in [2.75, 3.05) is 5.32 Å². The summed E-state index contributed by atoms with van der Waals surface area (Å²) in [4.78, 5) is 12.7. The first-order chi connectivity index (χ1) is 12.1. The highest BCUT2D eigenvalue weighted by Crippen LogP contribution is 2.21. The first kappa shape index (κ1) is 17.6. The van der Waals surface area contributed by atoms with Crippen LogP contribution in [-0.2, 0) is 0 Å². The number of amides is 1. The third kappa shape index (κ3) is 4.91. The summed E-state index contributed by atoms with van der Waals surface area (Å²) in [7, 11) is 0. The van der Waals surface area contributed by atoms with E-state index in [-0.39, 0.29) is 5.91 Å². The smallest absolute Gasteiger partial charge is 0.256 e. The van der Waals surface area contributed by atoms with Crippen molar-refractivity contribution in [1.29, 1.82) is 0 Å². The van der Waals surface area contributed by atoms with Gasteiger partial charge in [-0.25, -0.2) is 0 Å². The fourth-order valence-corrected chi connectivity index (χ4v) is 2.98. The highest BCUT2D eigenvalue weighted by atomic mass is 79.9. The molecule has 3 aromatic rings. The highest BCUT2D eigenvalue weighted by molar-refractivity contribution is 9.10. The minimum atomic E-state index is -0.142. The van der Waals surface area contributed by atoms with Crippen LogP contribution >= 0.6 is 31.9 Å². The number of carbonyl (C=O) groups is 1. The molecule has 3 rings (SSSR count). The van der Waals surface area contributed by atoms with Crippen molar-refractivity contribution in [3.8, 4) is 0 Å². The number of carbonyl (C=O) groups excluding carboxylic acids is 1. The normalized spacial score (nSPS) is 10.8. The lowest BCUT2D eigenvalue weighted by Gasteiger charge is -2.09. The number of hydrogen-bond donors (Lipinski definition) is 1. The van der Waals surface area contributed by atoms with Gasteiger partial charge in [-0.3, -0.25) is 4.79 Å². The van der Waals surface area contributed by atoms with Crippen LogP contribution in [0.2, 0.25) is 0 Å². The quantitative estimate of drug-likeness (QED) is 0.438. The second-order valence-corrected chi connectivity index (χ2v) is 7.27. The van der Waals surface area contributed by atoms with Gasteiger partial charge in [0.05, 0.1) is 0 Å². The first-order valence-electron chi connectivity index (χ1n) is 7.71. The number of halogens is 2. The third-order valence-corrected chi connectivity index (χ3v) is 4.64. The van der Waals surface area contributed by atoms with Crippen LogP contribution in [-0.4, -0.2) is 5.91 Å². The Bertz CT molecular complexity index is 903. The van der Waals surface area contributed by atoms with E-state index in [1.165, 1.54) is 0 Å². The summed E-state index contributed by atoms with van der Waals surface area (Å²) >= 11 is 6.84. The number of hydrogen-bond acceptors (Lipinski definition) is 1. The Morgan fingerprint density at radius 1 is 0.800 bits per heavy atom. The molecule has 0 aromatic heterocycles. The summed E-state index contributed by atoms with van der Waals surface area (Å²) in [6.45, 7) is 0. The molecule has 3 aromatic carbocycles. The van der Waals surface area contributed by atoms with E-state index in [0.29, 0.717) is 5.56 Å². The monoisotopic (exact) mass is 455 g/mol. The molecule has 0 bridgehead atoms. The molecule has 4 heteroatoms. The summed E-state index contributed by atoms with van der Waals surface area (Å²) in [5.41, 5.74) is 3.32. The van der Waals surface area contributed by atoms with Gasteiger partial charge in [0.25, 0.3) is 5.91 Å². The first-order valence-corrected chi connectivity index (χ1v) is 9.30. The van der Waals surface area contributed by atoms with Crippen molar-refractivity contribution in [1.82, 2.24) is 0 Å². The van der Waals surface area contributed by atoms with Crippen molar-refractivity contribution >= 4 is 55.6 Å². The Balaban J connectivity index is 1.87. The van der Waals surface area contributed by atoms with Crippen LogP contribution in [0.25, 0.3) is 12.2 Å². The van der Waals surface area contributed by atoms with E-state index in [9.17, 15) is 4.79 Å². The zero-order valence-corrected chi connectivity index (χ0v) is 16.4. The predicted molar refractivity (Wildman–Crippen MR) is 112 cm³/mol. The van der Waals surface area contributed by atoms with Gasteiger partial charge in [-0.15, -0.1) is 0 Å². The fourth-order valence-electron chi connectivity index (χ4n) is 2.35. The van der Waals surface area contributed by atoms with Crippen molar-refractivity contribution < 1.29 is 4.79 Å². The average molecular weight is 457 g/mol. The Morgan fingerprint density at radius 2 is 1.48 bits per heavy atom. The second kappa shape index (κ2) is 8.28. The molecule has 0 aliphatic rings. The summed E-state index contributed by atoms with van der Waals surface area (Å²) in [5.74, 6) is -0.142. The van der Waals surface area contributed by atoms with Gasteiger partial charge < -0.3 is 5.32 Å². The van der Waals surface area contributed by atoms with Crippen LogP contribution in [0.1, 0.15) is 21.5 Å². The number of nitrogens with one attached hydrogen (secondary N) is 1. The molecule has 0 radical (unpaired) electrons. The Kier molecular flexibility index (Phi) is 5.84. The van der Waals surface area contributed by atoms with E-state index < -0.39 is 0 Å². The van der Waals surface area contributed by atoms with Crippen LogP contribution in [0.4, 0.5) is 5.69 Å². The number of benzene rings is 3. The van der Waals surface area contributed by atoms with E-state index in [4.69, 9.17) is 0 Å². The van der Waals surface area contributed by atoms with Crippen LogP contribution < -0.4 is 5.32 Å². The maximum Gasteiger partial charge on any atom is 0.256 e. The zero-order chi connectivity index (χ0) is 17.6. The largest absolute Gasteiger partial charge is 0.322 e. The second-order valence-electron chi connectivity index (χ2n) is 5.44. The van der Waals surface area contributed by atoms with Gasteiger partial charge in [-0.05, 0) is 47.5 Å². The molecule has 0 unspecified atom stereocenters. The van der Waals surface area contributed by atoms with E-state index in [0.717, 1.165) is 25.8 Å². The van der Waals surface area contributed by atoms with Gasteiger partial charge in [0.2, 0.25) is 0 Å². The molecule has 0 fully saturated rings. The van der Waals surface area contributed by atoms with Crippen molar-refractivity contribution in [3.63, 3.8) is 0 Å². The molecule has 1 amide bonds. The van der Waals surface area contributed by atoms with Gasteiger partial charge in [0.1, 0.15) is 0 Å². The van der Waals surface area contributed by atoms with E-state index in [2.05, 4.69) is 37.2 Å². The number of rotatable bonds is 4. The van der Waals surface area contributed by atoms with Crippen molar-refractivity contribution in [2.24, 2.45) is 0 Å². The summed E-state index contributed by atoms with van der Waals surface area (Å²) in [6, 6.07) is 23.2. The molecule has 0 spiro atoms. The number of anilines is 1. The topological polar surface area (TPSA) is 29.1 Å². The average Bonchev–Trinajstić information content (AvgIpc) is 2.63. The van der Waals surface area contributed by atoms with Gasteiger partial charge in [0.15, 0.2) is 0 Å². The molecule has 0 aliphatic heterocycles. The molecular weight excluding hydrogens is 442 g/mol. The predicted octanol–water partition coefficient (Wildman–Crippen LogP) is 6.63. The molecule has 124 valence electrons. The molecule has 0 saturated carbocycles. The zero-order valence-electron chi connectivity index (χ0n) is 13.2. The molecule has 0 heterocycles. The van der Waals surface area contributed by atoms with Gasteiger partial charge in [-0.2, -0.15) is 0 Å². The SMILES string of the molecule is O=C(Nc1ccc(Br)cc1)c1cc(Br)ccc1/C=C/c1ccccc1. The molecule has 0 atom stereocenters. The fraction of sp³-hybridized carbons (Fsp3) is 0. The summed E-state index contributed by atoms with van der Waals surface area (Å²) < 4.78 is 1.84. The van der Waals surface area contributed by atoms with Crippen molar-refractivity contribution in [3.05, 3.63) is 98.4 Å². The minimum absolute atomic E-state index is 0.142. The van der Waals surface area contributed by atoms with Crippen LogP contribution in [0.5, 0.6) is 0 Å². The lowest BCUT2D eigenvalue weighted by molar-refractivity contribution is 0.102. The van der Waals surface area contributed by atoms with Crippen LogP contribution in [0.15, 0.2) is 81.7 Å².